The van der Waals surface area contributed by atoms with Crippen LogP contribution in [0.15, 0.2) is 4.42 Å². The first kappa shape index (κ1) is 13.4. The molecule has 1 aromatic heterocycles. The van der Waals surface area contributed by atoms with Gasteiger partial charge in [0.05, 0.1) is 5.56 Å². The summed E-state index contributed by atoms with van der Waals surface area (Å²) in [6, 6.07) is 0.195. The fraction of sp³-hybridized carbons (Fsp3) is 0.600. The van der Waals surface area contributed by atoms with E-state index in [1.807, 2.05) is 6.92 Å². The number of furan rings is 1. The largest absolute Gasteiger partial charge is 0.455 e. The molecular formula is C15H20N2O3. The summed E-state index contributed by atoms with van der Waals surface area (Å²) < 4.78 is 5.66. The molecule has 0 saturated carbocycles. The molecule has 0 aromatic carbocycles. The third-order valence-corrected chi connectivity index (χ3v) is 4.19. The second kappa shape index (κ2) is 5.40. The van der Waals surface area contributed by atoms with Gasteiger partial charge in [-0.2, -0.15) is 0 Å². The van der Waals surface area contributed by atoms with Crippen molar-refractivity contribution in [3.05, 3.63) is 22.6 Å². The summed E-state index contributed by atoms with van der Waals surface area (Å²) in [5, 5.41) is 6.28. The van der Waals surface area contributed by atoms with E-state index in [1.54, 1.807) is 0 Å². The Balaban J connectivity index is 1.79. The summed E-state index contributed by atoms with van der Waals surface area (Å²) in [5.41, 5.74) is 1.35. The molecule has 2 heterocycles. The van der Waals surface area contributed by atoms with E-state index in [-0.39, 0.29) is 17.7 Å². The molecule has 1 amide bonds. The molecule has 0 radical (unpaired) electrons. The van der Waals surface area contributed by atoms with Crippen molar-refractivity contribution in [2.24, 2.45) is 0 Å². The minimum atomic E-state index is -0.184. The van der Waals surface area contributed by atoms with Gasteiger partial charge in [0.25, 0.3) is 5.91 Å². The summed E-state index contributed by atoms with van der Waals surface area (Å²) in [6.45, 7) is 3.66. The number of aryl methyl sites for hydroxylation is 1. The Morgan fingerprint density at radius 2 is 2.05 bits per heavy atom. The summed E-state index contributed by atoms with van der Waals surface area (Å²) >= 11 is 0. The van der Waals surface area contributed by atoms with E-state index in [9.17, 15) is 9.59 Å². The lowest BCUT2D eigenvalue weighted by Crippen LogP contribution is -2.42. The fourth-order valence-corrected chi connectivity index (χ4v) is 3.08. The second-order valence-electron chi connectivity index (χ2n) is 5.63. The maximum atomic E-state index is 12.3. The molecular weight excluding hydrogens is 256 g/mol. The lowest BCUT2D eigenvalue weighted by Gasteiger charge is -2.23. The zero-order valence-electron chi connectivity index (χ0n) is 11.8. The fourth-order valence-electron chi connectivity index (χ4n) is 3.08. The molecule has 1 aliphatic heterocycles. The van der Waals surface area contributed by atoms with Gasteiger partial charge in [0.15, 0.2) is 11.5 Å². The highest BCUT2D eigenvalue weighted by Gasteiger charge is 2.29. The van der Waals surface area contributed by atoms with Crippen molar-refractivity contribution in [3.63, 3.8) is 0 Å². The molecule has 0 unspecified atom stereocenters. The molecule has 2 aliphatic rings. The van der Waals surface area contributed by atoms with Gasteiger partial charge in [0.1, 0.15) is 5.76 Å². The summed E-state index contributed by atoms with van der Waals surface area (Å²) in [5.74, 6) is 0.933. The monoisotopic (exact) mass is 276 g/mol. The lowest BCUT2D eigenvalue weighted by molar-refractivity contribution is 0.0896. The highest BCUT2D eigenvalue weighted by Crippen LogP contribution is 2.29. The van der Waals surface area contributed by atoms with E-state index in [2.05, 4.69) is 10.6 Å². The van der Waals surface area contributed by atoms with Gasteiger partial charge >= 0.3 is 0 Å². The predicted molar refractivity (Wildman–Crippen MR) is 74.1 cm³/mol. The van der Waals surface area contributed by atoms with Gasteiger partial charge < -0.3 is 15.1 Å². The molecule has 2 N–H and O–H groups in total. The molecule has 0 bridgehead atoms. The molecule has 0 spiro atoms. The van der Waals surface area contributed by atoms with Crippen molar-refractivity contribution < 1.29 is 14.0 Å². The maximum Gasteiger partial charge on any atom is 0.287 e. The number of nitrogens with one attached hydrogen (secondary N) is 2. The van der Waals surface area contributed by atoms with Gasteiger partial charge in [-0.1, -0.05) is 0 Å². The standard InChI is InChI=1S/C15H20N2O3/c1-9-13-11(18)3-2-4-12(13)20-14(9)15(19)17-10-5-7-16-8-6-10/h10,16H,2-8H2,1H3,(H,17,19). The Bertz CT molecular complexity index is 542. The zero-order chi connectivity index (χ0) is 14.1. The first-order valence-electron chi connectivity index (χ1n) is 7.34. The van der Waals surface area contributed by atoms with Crippen LogP contribution in [0.5, 0.6) is 0 Å². The number of carbonyl (C=O) groups is 2. The quantitative estimate of drug-likeness (QED) is 0.860. The Hall–Kier alpha value is -1.62. The Labute approximate surface area is 118 Å². The minimum absolute atomic E-state index is 0.105. The summed E-state index contributed by atoms with van der Waals surface area (Å²) in [6.07, 6.45) is 3.99. The van der Waals surface area contributed by atoms with Crippen LogP contribution in [0.4, 0.5) is 0 Å². The number of carbonyl (C=O) groups excluding carboxylic acids is 2. The number of rotatable bonds is 2. The van der Waals surface area contributed by atoms with Crippen LogP contribution in [0, 0.1) is 6.92 Å². The van der Waals surface area contributed by atoms with E-state index < -0.39 is 0 Å². The van der Waals surface area contributed by atoms with Gasteiger partial charge in [0.2, 0.25) is 0 Å². The normalized spacial score (nSPS) is 19.8. The second-order valence-corrected chi connectivity index (χ2v) is 5.63. The molecule has 0 atom stereocenters. The zero-order valence-corrected chi connectivity index (χ0v) is 11.8. The van der Waals surface area contributed by atoms with E-state index in [4.69, 9.17) is 4.42 Å². The lowest BCUT2D eigenvalue weighted by atomic mass is 9.94. The molecule has 5 heteroatoms. The third kappa shape index (κ3) is 2.38. The van der Waals surface area contributed by atoms with Gasteiger partial charge in [-0.05, 0) is 39.3 Å². The van der Waals surface area contributed by atoms with Crippen molar-refractivity contribution in [3.8, 4) is 0 Å². The van der Waals surface area contributed by atoms with Crippen LogP contribution in [0.2, 0.25) is 0 Å². The van der Waals surface area contributed by atoms with Gasteiger partial charge in [-0.15, -0.1) is 0 Å². The third-order valence-electron chi connectivity index (χ3n) is 4.19. The van der Waals surface area contributed by atoms with Crippen molar-refractivity contribution in [1.82, 2.24) is 10.6 Å². The Kier molecular flexibility index (Phi) is 3.61. The minimum Gasteiger partial charge on any atom is -0.455 e. The number of fused-ring (bicyclic) bond motifs is 1. The molecule has 3 rings (SSSR count). The van der Waals surface area contributed by atoms with E-state index in [1.165, 1.54) is 0 Å². The number of ketones is 1. The molecule has 1 aliphatic carbocycles. The number of hydrogen-bond acceptors (Lipinski definition) is 4. The van der Waals surface area contributed by atoms with Crippen molar-refractivity contribution in [2.45, 2.75) is 45.1 Å². The van der Waals surface area contributed by atoms with Crippen LogP contribution in [0.1, 0.15) is 57.9 Å². The number of amides is 1. The number of hydrogen-bond donors (Lipinski definition) is 2. The van der Waals surface area contributed by atoms with Gasteiger partial charge in [-0.25, -0.2) is 0 Å². The smallest absolute Gasteiger partial charge is 0.287 e. The topological polar surface area (TPSA) is 71.3 Å². The van der Waals surface area contributed by atoms with Crippen LogP contribution in [-0.4, -0.2) is 30.8 Å². The highest BCUT2D eigenvalue weighted by atomic mass is 16.4. The van der Waals surface area contributed by atoms with Crippen LogP contribution in [-0.2, 0) is 6.42 Å². The van der Waals surface area contributed by atoms with Crippen LogP contribution in [0.25, 0.3) is 0 Å². The van der Waals surface area contributed by atoms with Crippen molar-refractivity contribution >= 4 is 11.7 Å². The number of piperidine rings is 1. The van der Waals surface area contributed by atoms with Crippen LogP contribution >= 0.6 is 0 Å². The molecule has 1 fully saturated rings. The average Bonchev–Trinajstić information content (AvgIpc) is 2.79. The van der Waals surface area contributed by atoms with Crippen LogP contribution in [0.3, 0.4) is 0 Å². The molecule has 20 heavy (non-hydrogen) atoms. The maximum absolute atomic E-state index is 12.3. The molecule has 5 nitrogen and oxygen atoms in total. The molecule has 1 saturated heterocycles. The highest BCUT2D eigenvalue weighted by molar-refractivity contribution is 6.03. The predicted octanol–water partition coefficient (Wildman–Crippen LogP) is 1.59. The van der Waals surface area contributed by atoms with Crippen LogP contribution < -0.4 is 10.6 Å². The first-order valence-corrected chi connectivity index (χ1v) is 7.34. The first-order chi connectivity index (χ1) is 9.66. The number of Topliss-reactive ketones (excluding diaryl/α,β-unsaturated/α-hetero) is 1. The van der Waals surface area contributed by atoms with Gasteiger partial charge in [-0.3, -0.25) is 9.59 Å². The average molecular weight is 276 g/mol. The van der Waals surface area contributed by atoms with E-state index in [0.717, 1.165) is 38.8 Å². The summed E-state index contributed by atoms with van der Waals surface area (Å²) in [7, 11) is 0. The Morgan fingerprint density at radius 3 is 2.75 bits per heavy atom. The molecule has 1 aromatic rings. The van der Waals surface area contributed by atoms with E-state index >= 15 is 0 Å². The van der Waals surface area contributed by atoms with Crippen molar-refractivity contribution in [2.75, 3.05) is 13.1 Å². The Morgan fingerprint density at radius 1 is 1.30 bits per heavy atom. The van der Waals surface area contributed by atoms with E-state index in [0.29, 0.717) is 29.1 Å². The SMILES string of the molecule is Cc1c(C(=O)NC2CCNCC2)oc2c1C(=O)CCC2. The molecule has 108 valence electrons. The summed E-state index contributed by atoms with van der Waals surface area (Å²) in [4.78, 5) is 24.3. The van der Waals surface area contributed by atoms with Crippen molar-refractivity contribution in [1.29, 1.82) is 0 Å². The van der Waals surface area contributed by atoms with Gasteiger partial charge in [0, 0.05) is 24.4 Å².